The van der Waals surface area contributed by atoms with Crippen LogP contribution in [0.2, 0.25) is 0 Å². The first-order valence-electron chi connectivity index (χ1n) is 11.0. The van der Waals surface area contributed by atoms with Crippen molar-refractivity contribution in [2.75, 3.05) is 18.9 Å². The molecule has 1 aromatic rings. The van der Waals surface area contributed by atoms with E-state index in [0.29, 0.717) is 13.2 Å². The summed E-state index contributed by atoms with van der Waals surface area (Å²) in [5, 5.41) is 0. The van der Waals surface area contributed by atoms with Crippen LogP contribution in [0.5, 0.6) is 5.75 Å². The maximum atomic E-state index is 12.1. The molecule has 0 aliphatic rings. The van der Waals surface area contributed by atoms with E-state index in [9.17, 15) is 9.59 Å². The Bertz CT molecular complexity index is 603. The second kappa shape index (κ2) is 15.7. The zero-order valence-corrected chi connectivity index (χ0v) is 18.0. The van der Waals surface area contributed by atoms with Crippen molar-refractivity contribution in [3.8, 4) is 5.75 Å². The summed E-state index contributed by atoms with van der Waals surface area (Å²) in [6.45, 7) is 5.04. The van der Waals surface area contributed by atoms with Gasteiger partial charge in [-0.2, -0.15) is 0 Å². The van der Waals surface area contributed by atoms with Crippen molar-refractivity contribution in [1.29, 1.82) is 0 Å². The van der Waals surface area contributed by atoms with Crippen LogP contribution in [-0.2, 0) is 9.47 Å². The van der Waals surface area contributed by atoms with Crippen LogP contribution in [0.4, 0.5) is 10.5 Å². The quantitative estimate of drug-likeness (QED) is 0.159. The Morgan fingerprint density at radius 1 is 0.793 bits per heavy atom. The van der Waals surface area contributed by atoms with Crippen LogP contribution >= 0.6 is 0 Å². The lowest BCUT2D eigenvalue weighted by Crippen LogP contribution is -2.13. The highest BCUT2D eigenvalue weighted by Gasteiger charge is 2.14. The van der Waals surface area contributed by atoms with Gasteiger partial charge in [-0.15, -0.1) is 0 Å². The highest BCUT2D eigenvalue weighted by atomic mass is 16.7. The largest absolute Gasteiger partial charge is 0.513 e. The minimum atomic E-state index is -0.762. The van der Waals surface area contributed by atoms with Crippen molar-refractivity contribution < 1.29 is 23.8 Å². The third kappa shape index (κ3) is 11.4. The minimum absolute atomic E-state index is 0.209. The van der Waals surface area contributed by atoms with Gasteiger partial charge >= 0.3 is 12.1 Å². The van der Waals surface area contributed by atoms with Crippen LogP contribution in [0, 0.1) is 0 Å². The molecule has 1 aromatic carbocycles. The molecule has 0 amide bonds. The van der Waals surface area contributed by atoms with Gasteiger partial charge in [-0.3, -0.25) is 0 Å². The first kappa shape index (κ1) is 24.8. The monoisotopic (exact) mass is 407 g/mol. The molecule has 0 radical (unpaired) electrons. The Morgan fingerprint density at radius 2 is 1.34 bits per heavy atom. The molecule has 0 spiro atoms. The van der Waals surface area contributed by atoms with E-state index in [4.69, 9.17) is 19.9 Å². The number of benzene rings is 1. The average molecular weight is 408 g/mol. The van der Waals surface area contributed by atoms with Gasteiger partial charge < -0.3 is 19.9 Å². The summed E-state index contributed by atoms with van der Waals surface area (Å²) in [5.74, 6) is -0.223. The Kier molecular flexibility index (Phi) is 13.4. The van der Waals surface area contributed by atoms with E-state index in [-0.39, 0.29) is 17.0 Å². The molecule has 6 nitrogen and oxygen atoms in total. The molecule has 6 heteroatoms. The first-order chi connectivity index (χ1) is 14.1. The third-order valence-electron chi connectivity index (χ3n) is 4.64. The molecule has 0 atom stereocenters. The predicted molar refractivity (Wildman–Crippen MR) is 115 cm³/mol. The molecule has 0 unspecified atom stereocenters. The Morgan fingerprint density at radius 3 is 1.97 bits per heavy atom. The number of hydrogen-bond acceptors (Lipinski definition) is 6. The highest BCUT2D eigenvalue weighted by molar-refractivity contribution is 5.95. The molecular formula is C23H37NO5. The fourth-order valence-corrected chi connectivity index (χ4v) is 2.90. The normalized spacial score (nSPS) is 10.6. The maximum Gasteiger partial charge on any atom is 0.513 e. The summed E-state index contributed by atoms with van der Waals surface area (Å²) in [4.78, 5) is 23.9. The van der Waals surface area contributed by atoms with Gasteiger partial charge in [-0.1, -0.05) is 71.6 Å². The third-order valence-corrected chi connectivity index (χ3v) is 4.64. The molecule has 0 saturated carbocycles. The zero-order chi connectivity index (χ0) is 21.3. The topological polar surface area (TPSA) is 87.8 Å². The van der Waals surface area contributed by atoms with Crippen molar-refractivity contribution >= 4 is 17.8 Å². The molecule has 0 aromatic heterocycles. The average Bonchev–Trinajstić information content (AvgIpc) is 2.69. The van der Waals surface area contributed by atoms with Gasteiger partial charge in [0, 0.05) is 11.8 Å². The van der Waals surface area contributed by atoms with Crippen LogP contribution in [0.15, 0.2) is 18.2 Å². The summed E-state index contributed by atoms with van der Waals surface area (Å²) < 4.78 is 15.4. The van der Waals surface area contributed by atoms with Gasteiger partial charge in [0.2, 0.25) is 0 Å². The van der Waals surface area contributed by atoms with E-state index in [2.05, 4.69) is 13.8 Å². The highest BCUT2D eigenvalue weighted by Crippen LogP contribution is 2.21. The predicted octanol–water partition coefficient (Wildman–Crippen LogP) is 6.27. The van der Waals surface area contributed by atoms with Gasteiger partial charge in [0.05, 0.1) is 18.8 Å². The number of ether oxygens (including phenoxy) is 3. The Balaban J connectivity index is 2.28. The number of rotatable bonds is 15. The number of unbranched alkanes of at least 4 members (excludes halogenated alkanes) is 9. The van der Waals surface area contributed by atoms with E-state index in [1.54, 1.807) is 0 Å². The number of carbonyl (C=O) groups is 2. The van der Waals surface area contributed by atoms with Gasteiger partial charge in [0.25, 0.3) is 0 Å². The van der Waals surface area contributed by atoms with Gasteiger partial charge in [-0.05, 0) is 25.0 Å². The van der Waals surface area contributed by atoms with Gasteiger partial charge in [0.1, 0.15) is 5.75 Å². The molecule has 164 valence electrons. The van der Waals surface area contributed by atoms with Crippen LogP contribution in [0.1, 0.15) is 94.8 Å². The van der Waals surface area contributed by atoms with E-state index < -0.39 is 12.1 Å². The molecule has 29 heavy (non-hydrogen) atoms. The summed E-state index contributed by atoms with van der Waals surface area (Å²) in [6.07, 6.45) is 11.4. The number of hydrogen-bond donors (Lipinski definition) is 1. The lowest BCUT2D eigenvalue weighted by molar-refractivity contribution is 0.0499. The van der Waals surface area contributed by atoms with Crippen LogP contribution < -0.4 is 10.5 Å². The minimum Gasteiger partial charge on any atom is -0.462 e. The van der Waals surface area contributed by atoms with Crippen molar-refractivity contribution in [2.45, 2.75) is 84.5 Å². The van der Waals surface area contributed by atoms with Crippen LogP contribution in [0.3, 0.4) is 0 Å². The number of nitrogen functional groups attached to an aromatic ring is 1. The Labute approximate surface area is 175 Å². The smallest absolute Gasteiger partial charge is 0.462 e. The summed E-state index contributed by atoms with van der Waals surface area (Å²) in [5.41, 5.74) is 6.38. The lowest BCUT2D eigenvalue weighted by Gasteiger charge is -2.09. The number of anilines is 1. The molecule has 1 rings (SSSR count). The van der Waals surface area contributed by atoms with E-state index in [1.165, 1.54) is 43.9 Å². The van der Waals surface area contributed by atoms with E-state index >= 15 is 0 Å². The second-order valence-electron chi connectivity index (χ2n) is 7.27. The molecule has 0 fully saturated rings. The van der Waals surface area contributed by atoms with Crippen molar-refractivity contribution in [2.24, 2.45) is 0 Å². The SMILES string of the molecule is CCCCCCCCCOC(=O)Oc1ccc(C(=O)OCCCCCC)c(N)c1. The van der Waals surface area contributed by atoms with Crippen molar-refractivity contribution in [3.05, 3.63) is 23.8 Å². The molecule has 0 heterocycles. The fourth-order valence-electron chi connectivity index (χ4n) is 2.90. The number of esters is 1. The van der Waals surface area contributed by atoms with E-state index in [1.807, 2.05) is 0 Å². The molecular weight excluding hydrogens is 370 g/mol. The number of carbonyl (C=O) groups excluding carboxylic acids is 2. The van der Waals surface area contributed by atoms with Gasteiger partial charge in [-0.25, -0.2) is 9.59 Å². The standard InChI is InChI=1S/C23H37NO5/c1-3-5-7-9-10-11-13-17-28-23(26)29-19-14-15-20(21(24)18-19)22(25)27-16-12-8-6-4-2/h14-15,18H,3-13,16-17,24H2,1-2H3. The molecule has 0 saturated heterocycles. The van der Waals surface area contributed by atoms with Gasteiger partial charge in [0.15, 0.2) is 0 Å². The first-order valence-corrected chi connectivity index (χ1v) is 11.0. The van der Waals surface area contributed by atoms with E-state index in [0.717, 1.165) is 44.9 Å². The van der Waals surface area contributed by atoms with Crippen LogP contribution in [-0.4, -0.2) is 25.3 Å². The van der Waals surface area contributed by atoms with Crippen LogP contribution in [0.25, 0.3) is 0 Å². The molecule has 0 aliphatic carbocycles. The zero-order valence-electron chi connectivity index (χ0n) is 18.0. The summed E-state index contributed by atoms with van der Waals surface area (Å²) in [6, 6.07) is 4.45. The lowest BCUT2D eigenvalue weighted by atomic mass is 10.1. The fraction of sp³-hybridized carbons (Fsp3) is 0.652. The summed E-state index contributed by atoms with van der Waals surface area (Å²) in [7, 11) is 0. The second-order valence-corrected chi connectivity index (χ2v) is 7.27. The molecule has 2 N–H and O–H groups in total. The molecule has 0 bridgehead atoms. The summed E-state index contributed by atoms with van der Waals surface area (Å²) >= 11 is 0. The van der Waals surface area contributed by atoms with Crippen molar-refractivity contribution in [1.82, 2.24) is 0 Å². The van der Waals surface area contributed by atoms with Crippen molar-refractivity contribution in [3.63, 3.8) is 0 Å². The number of nitrogens with two attached hydrogens (primary N) is 1. The Hall–Kier alpha value is -2.24. The maximum absolute atomic E-state index is 12.1. The molecule has 0 aliphatic heterocycles.